The fourth-order valence-corrected chi connectivity index (χ4v) is 3.79. The molecular weight excluding hydrogens is 366 g/mol. The lowest BCUT2D eigenvalue weighted by Crippen LogP contribution is -2.44. The molecule has 0 spiro atoms. The molecule has 1 amide bonds. The van der Waals surface area contributed by atoms with Crippen molar-refractivity contribution in [2.45, 2.75) is 12.3 Å². The molecule has 0 saturated carbocycles. The number of para-hydroxylation sites is 2. The van der Waals surface area contributed by atoms with E-state index in [1.54, 1.807) is 12.1 Å². The number of nitrogens with zero attached hydrogens (tertiary/aromatic N) is 4. The molecule has 0 aliphatic carbocycles. The third-order valence-corrected chi connectivity index (χ3v) is 4.94. The second-order valence-corrected chi connectivity index (χ2v) is 6.79. The summed E-state index contributed by atoms with van der Waals surface area (Å²) >= 11 is 1.25. The summed E-state index contributed by atoms with van der Waals surface area (Å²) < 4.78 is 6.29. The molecule has 1 unspecified atom stereocenters. The number of benzene rings is 2. The topological polar surface area (TPSA) is 97.7 Å². The van der Waals surface area contributed by atoms with Crippen molar-refractivity contribution in [2.24, 2.45) is 4.99 Å². The highest BCUT2D eigenvalue weighted by Gasteiger charge is 2.42. The number of carbonyl (C=O) groups is 1. The van der Waals surface area contributed by atoms with Crippen LogP contribution in [0.4, 0.5) is 5.69 Å². The largest absolute Gasteiger partial charge is 0.539 e. The van der Waals surface area contributed by atoms with Crippen molar-refractivity contribution in [3.8, 4) is 11.6 Å². The van der Waals surface area contributed by atoms with Gasteiger partial charge in [-0.15, -0.1) is 0 Å². The van der Waals surface area contributed by atoms with Gasteiger partial charge in [-0.3, -0.25) is 10.2 Å². The zero-order chi connectivity index (χ0) is 18.8. The maximum absolute atomic E-state index is 12.4. The number of hydrogen-bond donors (Lipinski definition) is 1. The van der Waals surface area contributed by atoms with Gasteiger partial charge < -0.3 is 9.63 Å². The fourth-order valence-electron chi connectivity index (χ4n) is 2.66. The Kier molecular flexibility index (Phi) is 4.51. The molecule has 1 atom stereocenters. The molecule has 0 radical (unpaired) electrons. The van der Waals surface area contributed by atoms with E-state index < -0.39 is 11.3 Å². The van der Waals surface area contributed by atoms with Crippen LogP contribution in [-0.4, -0.2) is 21.4 Å². The molecule has 1 aromatic heterocycles. The number of amides is 1. The Labute approximate surface area is 159 Å². The minimum absolute atomic E-state index is 0.229. The molecule has 1 fully saturated rings. The Bertz CT molecular complexity index is 991. The minimum Gasteiger partial charge on any atom is -0.539 e. The Morgan fingerprint density at radius 2 is 1.89 bits per heavy atom. The zero-order valence-corrected chi connectivity index (χ0v) is 15.1. The predicted molar refractivity (Wildman–Crippen MR) is 97.0 cm³/mol. The van der Waals surface area contributed by atoms with Crippen molar-refractivity contribution in [2.75, 3.05) is 0 Å². The van der Waals surface area contributed by atoms with E-state index in [4.69, 9.17) is 4.52 Å². The number of nitrogens with one attached hydrogen (secondary N) is 1. The minimum atomic E-state index is -0.663. The fraction of sp³-hybridized carbons (Fsp3) is 0.111. The van der Waals surface area contributed by atoms with Gasteiger partial charge in [0.25, 0.3) is 5.69 Å². The summed E-state index contributed by atoms with van der Waals surface area (Å²) in [5.41, 5.74) is 4.59. The van der Waals surface area contributed by atoms with Crippen LogP contribution in [0.1, 0.15) is 18.0 Å². The quantitative estimate of drug-likeness (QED) is 0.695. The molecule has 2 heterocycles. The molecule has 3 aromatic rings. The lowest BCUT2D eigenvalue weighted by atomic mass is 10.3. The van der Waals surface area contributed by atoms with Crippen molar-refractivity contribution in [1.29, 1.82) is 0 Å². The van der Waals surface area contributed by atoms with Crippen molar-refractivity contribution in [1.82, 2.24) is 15.7 Å². The Balaban J connectivity index is 1.74. The van der Waals surface area contributed by atoms with Crippen LogP contribution in [0.2, 0.25) is 0 Å². The lowest BCUT2D eigenvalue weighted by molar-refractivity contribution is -0.678. The Morgan fingerprint density at radius 3 is 2.56 bits per heavy atom. The van der Waals surface area contributed by atoms with Crippen LogP contribution in [0.3, 0.4) is 0 Å². The monoisotopic (exact) mass is 381 g/mol. The molecule has 0 bridgehead atoms. The van der Waals surface area contributed by atoms with Gasteiger partial charge in [0, 0.05) is 19.1 Å². The lowest BCUT2D eigenvalue weighted by Gasteiger charge is -2.18. The van der Waals surface area contributed by atoms with Gasteiger partial charge >= 0.3 is 0 Å². The van der Waals surface area contributed by atoms with E-state index in [1.807, 2.05) is 48.5 Å². The molecule has 9 heteroatoms. The summed E-state index contributed by atoms with van der Waals surface area (Å²) in [5.74, 6) is -0.865. The highest BCUT2D eigenvalue weighted by atomic mass is 32.2. The Morgan fingerprint density at radius 1 is 1.22 bits per heavy atom. The summed E-state index contributed by atoms with van der Waals surface area (Å²) in [6, 6.07) is 18.5. The van der Waals surface area contributed by atoms with Crippen LogP contribution in [0.25, 0.3) is 5.69 Å². The first-order valence-electron chi connectivity index (χ1n) is 8.14. The van der Waals surface area contributed by atoms with Gasteiger partial charge in [-0.05, 0) is 28.6 Å². The predicted octanol–water partition coefficient (Wildman–Crippen LogP) is 1.81. The van der Waals surface area contributed by atoms with Gasteiger partial charge in [-0.2, -0.15) is 0 Å². The van der Waals surface area contributed by atoms with E-state index in [0.717, 1.165) is 5.69 Å². The number of amidine groups is 1. The Hall–Kier alpha value is -3.33. The molecule has 4 rings (SSSR count). The number of rotatable bonds is 3. The van der Waals surface area contributed by atoms with Gasteiger partial charge in [-0.1, -0.05) is 36.4 Å². The number of aromatic nitrogens is 2. The van der Waals surface area contributed by atoms with Crippen LogP contribution in [0, 0.1) is 0 Å². The number of aliphatic imine (C=N–C) groups is 1. The molecule has 27 heavy (non-hydrogen) atoms. The van der Waals surface area contributed by atoms with Gasteiger partial charge in [0.15, 0.2) is 16.5 Å². The SMILES string of the molecule is CC(=O)N1NC(=Nc2ccccc2)SC1c1c([O-])on[n+]1-c1ccccc1. The van der Waals surface area contributed by atoms with Gasteiger partial charge in [0.1, 0.15) is 0 Å². The third-order valence-electron chi connectivity index (χ3n) is 3.88. The first-order valence-corrected chi connectivity index (χ1v) is 9.02. The number of hydrogen-bond acceptors (Lipinski definition) is 6. The maximum Gasteiger partial charge on any atom is 0.275 e. The van der Waals surface area contributed by atoms with Crippen LogP contribution >= 0.6 is 11.8 Å². The van der Waals surface area contributed by atoms with Crippen LogP contribution in [0.5, 0.6) is 5.95 Å². The van der Waals surface area contributed by atoms with Crippen LogP contribution < -0.4 is 15.2 Å². The summed E-state index contributed by atoms with van der Waals surface area (Å²) in [6.45, 7) is 1.41. The molecule has 1 aliphatic rings. The molecule has 8 nitrogen and oxygen atoms in total. The van der Waals surface area contributed by atoms with Crippen molar-refractivity contribution in [3.05, 3.63) is 66.4 Å². The van der Waals surface area contributed by atoms with E-state index in [1.165, 1.54) is 28.4 Å². The molecule has 1 N–H and O–H groups in total. The van der Waals surface area contributed by atoms with Crippen molar-refractivity contribution in [3.63, 3.8) is 0 Å². The molecule has 2 aromatic carbocycles. The van der Waals surface area contributed by atoms with Gasteiger partial charge in [-0.25, -0.2) is 10.0 Å². The van der Waals surface area contributed by atoms with E-state index in [2.05, 4.69) is 15.7 Å². The third kappa shape index (κ3) is 3.36. The van der Waals surface area contributed by atoms with E-state index in [-0.39, 0.29) is 11.6 Å². The van der Waals surface area contributed by atoms with Gasteiger partial charge in [0.05, 0.1) is 11.0 Å². The second kappa shape index (κ2) is 7.12. The van der Waals surface area contributed by atoms with E-state index >= 15 is 0 Å². The summed E-state index contributed by atoms with van der Waals surface area (Å²) in [6.07, 6.45) is 0. The molecular formula is C18H15N5O3S. The standard InChI is InChI=1S/C18H15N5O3S/c1-12(24)22-16(27-18(20-22)19-13-8-4-2-5-9-13)15-17(25)26-21-23(15)14-10-6-3-7-11-14/h2-11,16H,1H3,(H-,19,20,21,25). The average molecular weight is 381 g/mol. The zero-order valence-electron chi connectivity index (χ0n) is 14.3. The summed E-state index contributed by atoms with van der Waals surface area (Å²) in [5, 5.41) is 17.4. The maximum atomic E-state index is 12.4. The van der Waals surface area contributed by atoms with Gasteiger partial charge in [0.2, 0.25) is 11.6 Å². The highest BCUT2D eigenvalue weighted by molar-refractivity contribution is 8.14. The molecule has 1 saturated heterocycles. The molecule has 136 valence electrons. The number of hydrazine groups is 1. The summed E-state index contributed by atoms with van der Waals surface area (Å²) in [4.78, 5) is 16.6. The average Bonchev–Trinajstić information content (AvgIpc) is 3.26. The van der Waals surface area contributed by atoms with Crippen molar-refractivity contribution < 1.29 is 19.1 Å². The summed E-state index contributed by atoms with van der Waals surface area (Å²) in [7, 11) is 0. The van der Waals surface area contributed by atoms with Crippen LogP contribution in [-0.2, 0) is 4.79 Å². The van der Waals surface area contributed by atoms with Crippen LogP contribution in [0.15, 0.2) is 70.2 Å². The highest BCUT2D eigenvalue weighted by Crippen LogP contribution is 2.39. The first kappa shape index (κ1) is 17.1. The normalized spacial score (nSPS) is 17.9. The molecule has 1 aliphatic heterocycles. The number of carbonyl (C=O) groups excluding carboxylic acids is 1. The van der Waals surface area contributed by atoms with Crippen molar-refractivity contribution >= 4 is 28.5 Å². The van der Waals surface area contributed by atoms with E-state index in [9.17, 15) is 9.90 Å². The second-order valence-electron chi connectivity index (χ2n) is 5.72. The number of thioether (sulfide) groups is 1. The van der Waals surface area contributed by atoms with E-state index in [0.29, 0.717) is 10.9 Å². The first-order chi connectivity index (χ1) is 13.1. The smallest absolute Gasteiger partial charge is 0.275 e.